The molecule has 0 bridgehead atoms. The van der Waals surface area contributed by atoms with Gasteiger partial charge >= 0.3 is 0 Å². The molecule has 4 aromatic rings. The Bertz CT molecular complexity index is 1070. The van der Waals surface area contributed by atoms with Gasteiger partial charge in [-0.25, -0.2) is 19.3 Å². The van der Waals surface area contributed by atoms with Crippen LogP contribution >= 0.6 is 15.9 Å². The summed E-state index contributed by atoms with van der Waals surface area (Å²) in [6.45, 7) is 0. The lowest BCUT2D eigenvalue weighted by molar-refractivity contribution is 0.625. The fourth-order valence-corrected chi connectivity index (χ4v) is 3.06. The van der Waals surface area contributed by atoms with Crippen molar-refractivity contribution in [2.24, 2.45) is 0 Å². The smallest absolute Gasteiger partial charge is 0.178 e. The summed E-state index contributed by atoms with van der Waals surface area (Å²) in [7, 11) is 0. The second kappa shape index (κ2) is 6.69. The minimum Gasteiger partial charge on any atom is -0.249 e. The fourth-order valence-electron chi connectivity index (χ4n) is 2.67. The molecule has 0 N–H and O–H groups in total. The van der Waals surface area contributed by atoms with Crippen LogP contribution in [-0.4, -0.2) is 15.0 Å². The first-order valence-corrected chi connectivity index (χ1v) is 8.60. The van der Waals surface area contributed by atoms with Gasteiger partial charge < -0.3 is 0 Å². The molecule has 0 aliphatic carbocycles. The normalized spacial score (nSPS) is 11.0. The van der Waals surface area contributed by atoms with Crippen LogP contribution in [0.1, 0.15) is 11.3 Å². The van der Waals surface area contributed by atoms with Crippen molar-refractivity contribution in [2.75, 3.05) is 0 Å². The van der Waals surface area contributed by atoms with Crippen LogP contribution < -0.4 is 0 Å². The summed E-state index contributed by atoms with van der Waals surface area (Å²) in [6.07, 6.45) is 2.33. The highest BCUT2D eigenvalue weighted by Gasteiger charge is 2.08. The Balaban J connectivity index is 1.69. The van der Waals surface area contributed by atoms with Crippen LogP contribution in [0.3, 0.4) is 0 Å². The van der Waals surface area contributed by atoms with Gasteiger partial charge in [0.05, 0.1) is 5.52 Å². The minimum atomic E-state index is -0.257. The molecule has 4 rings (SSSR count). The molecule has 0 aliphatic rings. The van der Waals surface area contributed by atoms with E-state index in [1.165, 1.54) is 12.1 Å². The topological polar surface area (TPSA) is 38.7 Å². The molecule has 0 unspecified atom stereocenters. The molecule has 122 valence electrons. The molecule has 0 saturated carbocycles. The molecule has 0 amide bonds. The molecule has 0 aliphatic heterocycles. The Morgan fingerprint density at radius 1 is 0.920 bits per heavy atom. The lowest BCUT2D eigenvalue weighted by Gasteiger charge is -2.07. The van der Waals surface area contributed by atoms with Crippen molar-refractivity contribution in [3.8, 4) is 11.5 Å². The van der Waals surface area contributed by atoms with Gasteiger partial charge in [0.2, 0.25) is 0 Å². The van der Waals surface area contributed by atoms with Crippen LogP contribution in [0, 0.1) is 5.82 Å². The first kappa shape index (κ1) is 15.8. The summed E-state index contributed by atoms with van der Waals surface area (Å²) in [5.74, 6) is 0.325. The predicted octanol–water partition coefficient (Wildman–Crippen LogP) is 5.18. The number of pyridine rings is 1. The van der Waals surface area contributed by atoms with Gasteiger partial charge in [-0.1, -0.05) is 40.2 Å². The molecule has 2 aromatic carbocycles. The van der Waals surface area contributed by atoms with E-state index < -0.39 is 0 Å². The SMILES string of the molecule is Fc1ccc(Br)c(Cc2cccc(-c3ncc4ccccc4n3)n2)c1. The lowest BCUT2D eigenvalue weighted by Crippen LogP contribution is -1.98. The molecule has 2 heterocycles. The van der Waals surface area contributed by atoms with Crippen molar-refractivity contribution in [1.29, 1.82) is 0 Å². The van der Waals surface area contributed by atoms with Crippen LogP contribution in [0.2, 0.25) is 0 Å². The summed E-state index contributed by atoms with van der Waals surface area (Å²) in [6, 6.07) is 18.2. The van der Waals surface area contributed by atoms with Gasteiger partial charge in [0.15, 0.2) is 5.82 Å². The van der Waals surface area contributed by atoms with Crippen LogP contribution in [0.5, 0.6) is 0 Å². The van der Waals surface area contributed by atoms with E-state index in [4.69, 9.17) is 0 Å². The van der Waals surface area contributed by atoms with Crippen molar-refractivity contribution < 1.29 is 4.39 Å². The first-order chi connectivity index (χ1) is 12.2. The monoisotopic (exact) mass is 393 g/mol. The largest absolute Gasteiger partial charge is 0.249 e. The number of rotatable bonds is 3. The van der Waals surface area contributed by atoms with Gasteiger partial charge in [0.25, 0.3) is 0 Å². The number of aromatic nitrogens is 3. The lowest BCUT2D eigenvalue weighted by atomic mass is 10.1. The Morgan fingerprint density at radius 3 is 2.72 bits per heavy atom. The summed E-state index contributed by atoms with van der Waals surface area (Å²) in [4.78, 5) is 13.6. The number of para-hydroxylation sites is 1. The van der Waals surface area contributed by atoms with E-state index in [9.17, 15) is 4.39 Å². The van der Waals surface area contributed by atoms with E-state index in [0.29, 0.717) is 17.9 Å². The van der Waals surface area contributed by atoms with E-state index >= 15 is 0 Å². The van der Waals surface area contributed by atoms with Crippen molar-refractivity contribution in [3.63, 3.8) is 0 Å². The second-order valence-electron chi connectivity index (χ2n) is 5.68. The van der Waals surface area contributed by atoms with Crippen LogP contribution in [-0.2, 0) is 6.42 Å². The Labute approximate surface area is 152 Å². The first-order valence-electron chi connectivity index (χ1n) is 7.81. The molecule has 25 heavy (non-hydrogen) atoms. The van der Waals surface area contributed by atoms with Crippen molar-refractivity contribution in [2.45, 2.75) is 6.42 Å². The van der Waals surface area contributed by atoms with E-state index in [1.807, 2.05) is 42.5 Å². The highest BCUT2D eigenvalue weighted by atomic mass is 79.9. The van der Waals surface area contributed by atoms with Crippen molar-refractivity contribution >= 4 is 26.8 Å². The van der Waals surface area contributed by atoms with E-state index in [2.05, 4.69) is 30.9 Å². The van der Waals surface area contributed by atoms with Crippen LogP contribution in [0.4, 0.5) is 4.39 Å². The zero-order valence-corrected chi connectivity index (χ0v) is 14.7. The zero-order valence-electron chi connectivity index (χ0n) is 13.2. The van der Waals surface area contributed by atoms with Crippen molar-refractivity contribution in [1.82, 2.24) is 15.0 Å². The highest BCUT2D eigenvalue weighted by Crippen LogP contribution is 2.22. The van der Waals surface area contributed by atoms with Crippen molar-refractivity contribution in [3.05, 3.63) is 88.4 Å². The number of hydrogen-bond acceptors (Lipinski definition) is 3. The fraction of sp³-hybridized carbons (Fsp3) is 0.0500. The zero-order chi connectivity index (χ0) is 17.2. The van der Waals surface area contributed by atoms with Crippen LogP contribution in [0.15, 0.2) is 71.3 Å². The molecular weight excluding hydrogens is 381 g/mol. The molecule has 5 heteroatoms. The van der Waals surface area contributed by atoms with Crippen LogP contribution in [0.25, 0.3) is 22.4 Å². The van der Waals surface area contributed by atoms with E-state index in [0.717, 1.165) is 26.6 Å². The number of fused-ring (bicyclic) bond motifs is 1. The molecule has 0 atom stereocenters. The Hall–Kier alpha value is -2.66. The molecule has 0 saturated heterocycles. The molecular formula is C20H13BrFN3. The van der Waals surface area contributed by atoms with E-state index in [1.54, 1.807) is 12.3 Å². The van der Waals surface area contributed by atoms with E-state index in [-0.39, 0.29) is 5.82 Å². The standard InChI is InChI=1S/C20H13BrFN3/c21-17-9-8-15(22)10-14(17)11-16-5-3-7-19(24-16)20-23-12-13-4-1-2-6-18(13)25-20/h1-10,12H,11H2. The maximum Gasteiger partial charge on any atom is 0.178 e. The van der Waals surface area contributed by atoms with Gasteiger partial charge in [-0.05, 0) is 42.0 Å². The summed E-state index contributed by atoms with van der Waals surface area (Å²) in [5, 5.41) is 0.992. The summed E-state index contributed by atoms with van der Waals surface area (Å²) in [5.41, 5.74) is 3.27. The summed E-state index contributed by atoms with van der Waals surface area (Å²) >= 11 is 3.46. The highest BCUT2D eigenvalue weighted by molar-refractivity contribution is 9.10. The summed E-state index contributed by atoms with van der Waals surface area (Å²) < 4.78 is 14.3. The van der Waals surface area contributed by atoms with Gasteiger partial charge in [-0.2, -0.15) is 0 Å². The molecule has 2 aromatic heterocycles. The maximum atomic E-state index is 13.5. The minimum absolute atomic E-state index is 0.257. The van der Waals surface area contributed by atoms with Gasteiger partial charge in [0.1, 0.15) is 11.5 Å². The number of benzene rings is 2. The third-order valence-corrected chi connectivity index (χ3v) is 4.68. The Kier molecular flexibility index (Phi) is 4.24. The number of nitrogens with zero attached hydrogens (tertiary/aromatic N) is 3. The predicted molar refractivity (Wildman–Crippen MR) is 99.7 cm³/mol. The van der Waals surface area contributed by atoms with Gasteiger partial charge in [-0.3, -0.25) is 0 Å². The van der Waals surface area contributed by atoms with Gasteiger partial charge in [-0.15, -0.1) is 0 Å². The number of halogens is 2. The average Bonchev–Trinajstić information content (AvgIpc) is 2.64. The average molecular weight is 394 g/mol. The molecule has 0 spiro atoms. The second-order valence-corrected chi connectivity index (χ2v) is 6.53. The molecule has 0 radical (unpaired) electrons. The molecule has 3 nitrogen and oxygen atoms in total. The number of hydrogen-bond donors (Lipinski definition) is 0. The Morgan fingerprint density at radius 2 is 1.80 bits per heavy atom. The maximum absolute atomic E-state index is 13.5. The third-order valence-electron chi connectivity index (χ3n) is 3.90. The molecule has 0 fully saturated rings. The van der Waals surface area contributed by atoms with Gasteiger partial charge in [0, 0.05) is 28.2 Å². The third kappa shape index (κ3) is 3.42. The quantitative estimate of drug-likeness (QED) is 0.480.